The molecule has 2 nitrogen and oxygen atoms in total. The van der Waals surface area contributed by atoms with E-state index in [-0.39, 0.29) is 11.3 Å². The predicted octanol–water partition coefficient (Wildman–Crippen LogP) is 4.73. The van der Waals surface area contributed by atoms with E-state index in [1.54, 1.807) is 11.8 Å². The highest BCUT2D eigenvalue weighted by Gasteiger charge is 2.13. The molecule has 0 aliphatic carbocycles. The summed E-state index contributed by atoms with van der Waals surface area (Å²) in [6, 6.07) is 14.7. The Hall–Kier alpha value is -1.74. The van der Waals surface area contributed by atoms with Crippen LogP contribution in [-0.4, -0.2) is 5.84 Å². The van der Waals surface area contributed by atoms with Crippen molar-refractivity contribution in [2.75, 3.05) is 0 Å². The maximum atomic E-state index is 7.72. The molecule has 0 heterocycles. The molecule has 0 aromatic heterocycles. The fraction of sp³-hybridized carbons (Fsp3) is 0.278. The topological polar surface area (TPSA) is 49.9 Å². The second-order valence-corrected chi connectivity index (χ2v) is 7.41. The summed E-state index contributed by atoms with van der Waals surface area (Å²) in [5, 5.41) is 7.72. The van der Waals surface area contributed by atoms with Crippen LogP contribution in [0, 0.1) is 12.3 Å². The van der Waals surface area contributed by atoms with Crippen molar-refractivity contribution in [2.24, 2.45) is 5.73 Å². The van der Waals surface area contributed by atoms with Gasteiger partial charge in [0.2, 0.25) is 0 Å². The number of rotatable bonds is 3. The largest absolute Gasteiger partial charge is 0.384 e. The molecule has 2 aromatic rings. The molecule has 3 N–H and O–H groups in total. The monoisotopic (exact) mass is 298 g/mol. The average molecular weight is 298 g/mol. The summed E-state index contributed by atoms with van der Waals surface area (Å²) in [5.41, 5.74) is 9.10. The van der Waals surface area contributed by atoms with Crippen molar-refractivity contribution in [2.45, 2.75) is 42.9 Å². The first-order valence-corrected chi connectivity index (χ1v) is 7.82. The van der Waals surface area contributed by atoms with E-state index in [2.05, 4.69) is 51.1 Å². The van der Waals surface area contributed by atoms with Crippen LogP contribution in [0.5, 0.6) is 0 Å². The van der Waals surface area contributed by atoms with Gasteiger partial charge in [-0.1, -0.05) is 56.3 Å². The van der Waals surface area contributed by atoms with E-state index in [1.807, 2.05) is 19.1 Å². The summed E-state index contributed by atoms with van der Waals surface area (Å²) in [4.78, 5) is 2.19. The van der Waals surface area contributed by atoms with Crippen molar-refractivity contribution in [1.82, 2.24) is 0 Å². The van der Waals surface area contributed by atoms with Crippen LogP contribution in [0.4, 0.5) is 0 Å². The van der Waals surface area contributed by atoms with Crippen molar-refractivity contribution in [3.8, 4) is 0 Å². The molecule has 0 radical (unpaired) electrons. The normalized spacial score (nSPS) is 11.4. The zero-order valence-electron chi connectivity index (χ0n) is 13.0. The zero-order valence-corrected chi connectivity index (χ0v) is 13.8. The predicted molar refractivity (Wildman–Crippen MR) is 91.5 cm³/mol. The quantitative estimate of drug-likeness (QED) is 0.636. The van der Waals surface area contributed by atoms with Gasteiger partial charge >= 0.3 is 0 Å². The summed E-state index contributed by atoms with van der Waals surface area (Å²) < 4.78 is 0. The van der Waals surface area contributed by atoms with Crippen LogP contribution in [0.1, 0.15) is 37.5 Å². The van der Waals surface area contributed by atoms with E-state index < -0.39 is 0 Å². The van der Waals surface area contributed by atoms with E-state index in [1.165, 1.54) is 5.56 Å². The minimum Gasteiger partial charge on any atom is -0.384 e. The molecule has 0 unspecified atom stereocenters. The molecule has 0 amide bonds. The lowest BCUT2D eigenvalue weighted by Gasteiger charge is -2.19. The van der Waals surface area contributed by atoms with Crippen LogP contribution in [0.25, 0.3) is 0 Å². The first-order chi connectivity index (χ1) is 9.77. The summed E-state index contributed by atoms with van der Waals surface area (Å²) >= 11 is 1.65. The molecular weight excluding hydrogens is 276 g/mol. The first-order valence-electron chi connectivity index (χ1n) is 7.01. The van der Waals surface area contributed by atoms with Crippen molar-refractivity contribution in [3.63, 3.8) is 0 Å². The number of hydrogen-bond donors (Lipinski definition) is 2. The highest BCUT2D eigenvalue weighted by molar-refractivity contribution is 7.99. The number of hydrogen-bond acceptors (Lipinski definition) is 2. The van der Waals surface area contributed by atoms with Crippen molar-refractivity contribution in [3.05, 3.63) is 59.2 Å². The Balaban J connectivity index is 2.28. The van der Waals surface area contributed by atoms with E-state index in [0.717, 1.165) is 20.9 Å². The van der Waals surface area contributed by atoms with Crippen LogP contribution in [0.2, 0.25) is 0 Å². The maximum Gasteiger partial charge on any atom is 0.123 e. The fourth-order valence-electron chi connectivity index (χ4n) is 2.09. The molecule has 0 saturated carbocycles. The lowest BCUT2D eigenvalue weighted by atomic mass is 9.87. The van der Waals surface area contributed by atoms with Gasteiger partial charge in [-0.15, -0.1) is 0 Å². The molecule has 2 aromatic carbocycles. The van der Waals surface area contributed by atoms with Gasteiger partial charge in [0.15, 0.2) is 0 Å². The Morgan fingerprint density at radius 3 is 2.19 bits per heavy atom. The molecule has 0 aliphatic rings. The summed E-state index contributed by atoms with van der Waals surface area (Å²) in [6.07, 6.45) is 0. The molecule has 21 heavy (non-hydrogen) atoms. The van der Waals surface area contributed by atoms with Crippen LogP contribution in [0.15, 0.2) is 52.3 Å². The van der Waals surface area contributed by atoms with Crippen molar-refractivity contribution >= 4 is 17.6 Å². The van der Waals surface area contributed by atoms with Crippen LogP contribution in [0.3, 0.4) is 0 Å². The van der Waals surface area contributed by atoms with Crippen LogP contribution in [-0.2, 0) is 5.41 Å². The molecule has 2 rings (SSSR count). The number of benzene rings is 2. The molecule has 3 heteroatoms. The van der Waals surface area contributed by atoms with Crippen molar-refractivity contribution < 1.29 is 0 Å². The van der Waals surface area contributed by atoms with E-state index in [0.29, 0.717) is 0 Å². The number of nitrogens with one attached hydrogen (secondary N) is 1. The Bertz CT molecular complexity index is 652. The summed E-state index contributed by atoms with van der Waals surface area (Å²) in [5.74, 6) is 0.118. The van der Waals surface area contributed by atoms with Gasteiger partial charge < -0.3 is 5.73 Å². The smallest absolute Gasteiger partial charge is 0.123 e. The number of nitrogens with two attached hydrogens (primary N) is 1. The maximum absolute atomic E-state index is 7.72. The molecule has 0 bridgehead atoms. The van der Waals surface area contributed by atoms with Gasteiger partial charge in [-0.25, -0.2) is 0 Å². The van der Waals surface area contributed by atoms with Crippen LogP contribution < -0.4 is 5.73 Å². The van der Waals surface area contributed by atoms with Gasteiger partial charge in [-0.2, -0.15) is 0 Å². The molecule has 0 saturated heterocycles. The number of amidine groups is 1. The fourth-order valence-corrected chi connectivity index (χ4v) is 3.03. The molecular formula is C18H22N2S. The van der Waals surface area contributed by atoms with Gasteiger partial charge in [-0.05, 0) is 42.2 Å². The third-order valence-electron chi connectivity index (χ3n) is 3.37. The Morgan fingerprint density at radius 1 is 1.05 bits per heavy atom. The lowest BCUT2D eigenvalue weighted by molar-refractivity contribution is 0.590. The number of nitrogen functional groups attached to an aromatic ring is 1. The third-order valence-corrected chi connectivity index (χ3v) is 4.46. The average Bonchev–Trinajstić information content (AvgIpc) is 2.40. The zero-order chi connectivity index (χ0) is 15.6. The van der Waals surface area contributed by atoms with Gasteiger partial charge in [0, 0.05) is 15.4 Å². The van der Waals surface area contributed by atoms with Crippen molar-refractivity contribution in [1.29, 1.82) is 5.41 Å². The van der Waals surface area contributed by atoms with Gasteiger partial charge in [0.25, 0.3) is 0 Å². The molecule has 110 valence electrons. The highest BCUT2D eigenvalue weighted by Crippen LogP contribution is 2.32. The summed E-state index contributed by atoms with van der Waals surface area (Å²) in [7, 11) is 0. The third kappa shape index (κ3) is 3.88. The molecule has 0 spiro atoms. The second kappa shape index (κ2) is 5.94. The standard InChI is InChI=1S/C18H22N2S/c1-12-5-10-16(15(11-12)17(19)20)21-14-8-6-13(7-9-14)18(2,3)4/h5-11H,1-4H3,(H3,19,20). The van der Waals surface area contributed by atoms with E-state index >= 15 is 0 Å². The van der Waals surface area contributed by atoms with E-state index in [4.69, 9.17) is 11.1 Å². The SMILES string of the molecule is Cc1ccc(Sc2ccc(C(C)(C)C)cc2)c(C(=N)N)c1. The Labute approximate surface area is 131 Å². The molecule has 0 atom stereocenters. The van der Waals surface area contributed by atoms with Gasteiger partial charge in [0.05, 0.1) is 0 Å². The minimum absolute atomic E-state index is 0.118. The van der Waals surface area contributed by atoms with Crippen LogP contribution >= 0.6 is 11.8 Å². The Kier molecular flexibility index (Phi) is 4.43. The molecule has 0 aliphatic heterocycles. The van der Waals surface area contributed by atoms with E-state index in [9.17, 15) is 0 Å². The second-order valence-electron chi connectivity index (χ2n) is 6.29. The first kappa shape index (κ1) is 15.6. The number of aryl methyl sites for hydroxylation is 1. The summed E-state index contributed by atoms with van der Waals surface area (Å²) in [6.45, 7) is 8.65. The highest BCUT2D eigenvalue weighted by atomic mass is 32.2. The minimum atomic E-state index is 0.118. The van der Waals surface area contributed by atoms with Gasteiger partial charge in [-0.3, -0.25) is 5.41 Å². The Morgan fingerprint density at radius 2 is 1.67 bits per heavy atom. The lowest BCUT2D eigenvalue weighted by Crippen LogP contribution is -2.12. The molecule has 0 fully saturated rings. The van der Waals surface area contributed by atoms with Gasteiger partial charge in [0.1, 0.15) is 5.84 Å².